The Bertz CT molecular complexity index is 574. The molecule has 0 unspecified atom stereocenters. The van der Waals surface area contributed by atoms with Crippen molar-refractivity contribution in [1.82, 2.24) is 10.2 Å². The summed E-state index contributed by atoms with van der Waals surface area (Å²) in [7, 11) is 0. The molecule has 2 saturated heterocycles. The molecular formula is C16H20N2OS. The van der Waals surface area contributed by atoms with Gasteiger partial charge in [0.1, 0.15) is 0 Å². The lowest BCUT2D eigenvalue weighted by Crippen LogP contribution is -2.53. The Balaban J connectivity index is 1.93. The number of rotatable bonds is 0. The smallest absolute Gasteiger partial charge is 0.223 e. The fourth-order valence-electron chi connectivity index (χ4n) is 4.25. The van der Waals surface area contributed by atoms with E-state index in [1.165, 1.54) is 16.0 Å². The molecule has 0 radical (unpaired) electrons. The quantitative estimate of drug-likeness (QED) is 0.794. The molecule has 0 saturated carbocycles. The minimum atomic E-state index is -0.0329. The van der Waals surface area contributed by atoms with E-state index in [9.17, 15) is 4.79 Å². The fraction of sp³-hybridized carbons (Fsp3) is 0.562. The van der Waals surface area contributed by atoms with Gasteiger partial charge in [-0.3, -0.25) is 4.79 Å². The number of hydrogen-bond acceptors (Lipinski definition) is 3. The van der Waals surface area contributed by atoms with Gasteiger partial charge < -0.3 is 10.2 Å². The highest BCUT2D eigenvalue weighted by Gasteiger charge is 2.55. The standard InChI is InChI=1S/C16H20N2OS/c1-11-2-3-13-14(8-11)20-7-6-18-15(19)9-12-10-17-5-4-16(12,13)18/h2-3,8,12,17H,4-7,9-10H2,1H3/t12-,16+/m0/s1. The third-order valence-corrected chi connectivity index (χ3v) is 6.16. The Kier molecular flexibility index (Phi) is 2.86. The summed E-state index contributed by atoms with van der Waals surface area (Å²) in [5, 5.41) is 3.48. The van der Waals surface area contributed by atoms with Crippen molar-refractivity contribution in [2.45, 2.75) is 30.2 Å². The van der Waals surface area contributed by atoms with Crippen LogP contribution in [0.5, 0.6) is 0 Å². The van der Waals surface area contributed by atoms with Crippen molar-refractivity contribution in [3.05, 3.63) is 29.3 Å². The number of fused-ring (bicyclic) bond motifs is 1. The van der Waals surface area contributed by atoms with E-state index in [4.69, 9.17) is 0 Å². The molecule has 0 aliphatic carbocycles. The zero-order valence-electron chi connectivity index (χ0n) is 11.8. The van der Waals surface area contributed by atoms with E-state index in [0.29, 0.717) is 18.2 Å². The lowest BCUT2D eigenvalue weighted by molar-refractivity contribution is -0.131. The fourth-order valence-corrected chi connectivity index (χ4v) is 5.41. The van der Waals surface area contributed by atoms with Gasteiger partial charge in [0, 0.05) is 36.1 Å². The summed E-state index contributed by atoms with van der Waals surface area (Å²) >= 11 is 1.92. The zero-order valence-corrected chi connectivity index (χ0v) is 12.6. The molecule has 106 valence electrons. The van der Waals surface area contributed by atoms with Gasteiger partial charge in [-0.2, -0.15) is 0 Å². The molecule has 1 spiro atoms. The van der Waals surface area contributed by atoms with Gasteiger partial charge in [-0.1, -0.05) is 12.1 Å². The van der Waals surface area contributed by atoms with Crippen molar-refractivity contribution in [3.8, 4) is 0 Å². The van der Waals surface area contributed by atoms with Crippen LogP contribution >= 0.6 is 11.8 Å². The molecule has 1 aromatic carbocycles. The van der Waals surface area contributed by atoms with Crippen molar-refractivity contribution in [2.24, 2.45) is 5.92 Å². The zero-order chi connectivity index (χ0) is 13.7. The predicted molar refractivity (Wildman–Crippen MR) is 80.9 cm³/mol. The number of thioether (sulfide) groups is 1. The maximum atomic E-state index is 12.5. The highest BCUT2D eigenvalue weighted by Crippen LogP contribution is 2.52. The highest BCUT2D eigenvalue weighted by molar-refractivity contribution is 7.99. The van der Waals surface area contributed by atoms with Crippen LogP contribution in [0.1, 0.15) is 24.0 Å². The minimum Gasteiger partial charge on any atom is -0.332 e. The van der Waals surface area contributed by atoms with Gasteiger partial charge >= 0.3 is 0 Å². The number of nitrogens with one attached hydrogen (secondary N) is 1. The van der Waals surface area contributed by atoms with Crippen LogP contribution in [-0.4, -0.2) is 36.2 Å². The van der Waals surface area contributed by atoms with Crippen LogP contribution in [0.15, 0.2) is 23.1 Å². The number of amides is 1. The summed E-state index contributed by atoms with van der Waals surface area (Å²) in [4.78, 5) is 16.1. The number of carbonyl (C=O) groups is 1. The molecule has 0 bridgehead atoms. The van der Waals surface area contributed by atoms with Crippen LogP contribution in [0.3, 0.4) is 0 Å². The van der Waals surface area contributed by atoms with Gasteiger partial charge in [0.25, 0.3) is 0 Å². The Labute approximate surface area is 124 Å². The largest absolute Gasteiger partial charge is 0.332 e. The number of aryl methyl sites for hydroxylation is 1. The van der Waals surface area contributed by atoms with E-state index in [1.54, 1.807) is 0 Å². The molecule has 1 N–H and O–H groups in total. The van der Waals surface area contributed by atoms with Crippen LogP contribution in [0.2, 0.25) is 0 Å². The molecule has 3 aliphatic heterocycles. The average molecular weight is 288 g/mol. The molecule has 2 atom stereocenters. The van der Waals surface area contributed by atoms with Crippen LogP contribution in [0.4, 0.5) is 0 Å². The van der Waals surface area contributed by atoms with Gasteiger partial charge in [-0.25, -0.2) is 0 Å². The molecule has 3 nitrogen and oxygen atoms in total. The van der Waals surface area contributed by atoms with Crippen molar-refractivity contribution < 1.29 is 4.79 Å². The second-order valence-corrected chi connectivity index (χ2v) is 7.31. The Hall–Kier alpha value is -1.00. The van der Waals surface area contributed by atoms with E-state index >= 15 is 0 Å². The van der Waals surface area contributed by atoms with Crippen molar-refractivity contribution in [1.29, 1.82) is 0 Å². The van der Waals surface area contributed by atoms with Crippen molar-refractivity contribution >= 4 is 17.7 Å². The second-order valence-electron chi connectivity index (χ2n) is 6.17. The first-order valence-electron chi connectivity index (χ1n) is 7.47. The lowest BCUT2D eigenvalue weighted by Gasteiger charge is -2.45. The molecule has 2 fully saturated rings. The third kappa shape index (κ3) is 1.61. The number of carbonyl (C=O) groups excluding carboxylic acids is 1. The molecule has 1 amide bonds. The molecular weight excluding hydrogens is 268 g/mol. The van der Waals surface area contributed by atoms with E-state index < -0.39 is 0 Å². The minimum absolute atomic E-state index is 0.0329. The van der Waals surface area contributed by atoms with Gasteiger partial charge in [0.15, 0.2) is 0 Å². The molecule has 0 aromatic heterocycles. The topological polar surface area (TPSA) is 32.3 Å². The molecule has 1 aromatic rings. The lowest BCUT2D eigenvalue weighted by atomic mass is 9.74. The highest BCUT2D eigenvalue weighted by atomic mass is 32.2. The molecule has 3 aliphatic rings. The van der Waals surface area contributed by atoms with E-state index in [0.717, 1.165) is 31.8 Å². The SMILES string of the molecule is Cc1ccc2c(c1)SCCN1C(=O)C[C@H]3CNCC[C@]231. The van der Waals surface area contributed by atoms with Gasteiger partial charge in [-0.05, 0) is 37.1 Å². The predicted octanol–water partition coefficient (Wildman–Crippen LogP) is 2.14. The maximum absolute atomic E-state index is 12.5. The van der Waals surface area contributed by atoms with Gasteiger partial charge in [0.05, 0.1) is 5.54 Å². The number of hydrogen-bond donors (Lipinski definition) is 1. The van der Waals surface area contributed by atoms with Crippen LogP contribution in [0.25, 0.3) is 0 Å². The summed E-state index contributed by atoms with van der Waals surface area (Å²) in [6, 6.07) is 6.80. The van der Waals surface area contributed by atoms with E-state index in [-0.39, 0.29) is 5.54 Å². The summed E-state index contributed by atoms with van der Waals surface area (Å²) in [5.41, 5.74) is 2.69. The summed E-state index contributed by atoms with van der Waals surface area (Å²) in [6.45, 7) is 5.03. The normalized spacial score (nSPS) is 32.4. The summed E-state index contributed by atoms with van der Waals surface area (Å²) in [5.74, 6) is 1.81. The average Bonchev–Trinajstić information content (AvgIpc) is 2.63. The third-order valence-electron chi connectivity index (χ3n) is 5.13. The number of benzene rings is 1. The first-order valence-corrected chi connectivity index (χ1v) is 8.45. The number of piperidine rings is 1. The van der Waals surface area contributed by atoms with E-state index in [2.05, 4.69) is 35.3 Å². The maximum Gasteiger partial charge on any atom is 0.223 e. The molecule has 20 heavy (non-hydrogen) atoms. The van der Waals surface area contributed by atoms with E-state index in [1.807, 2.05) is 11.8 Å². The Morgan fingerprint density at radius 3 is 3.25 bits per heavy atom. The molecule has 4 heteroatoms. The molecule has 4 rings (SSSR count). The molecule has 3 heterocycles. The Morgan fingerprint density at radius 2 is 2.35 bits per heavy atom. The number of nitrogens with zero attached hydrogens (tertiary/aromatic N) is 1. The Morgan fingerprint density at radius 1 is 1.45 bits per heavy atom. The van der Waals surface area contributed by atoms with Crippen molar-refractivity contribution in [3.63, 3.8) is 0 Å². The first-order chi connectivity index (χ1) is 9.72. The van der Waals surface area contributed by atoms with Crippen LogP contribution in [-0.2, 0) is 10.3 Å². The van der Waals surface area contributed by atoms with Gasteiger partial charge in [0.2, 0.25) is 5.91 Å². The van der Waals surface area contributed by atoms with Gasteiger partial charge in [-0.15, -0.1) is 11.8 Å². The van der Waals surface area contributed by atoms with Crippen molar-refractivity contribution in [2.75, 3.05) is 25.4 Å². The van der Waals surface area contributed by atoms with Crippen LogP contribution in [0, 0.1) is 12.8 Å². The second kappa shape index (κ2) is 4.50. The summed E-state index contributed by atoms with van der Waals surface area (Å²) in [6.07, 6.45) is 1.77. The summed E-state index contributed by atoms with van der Waals surface area (Å²) < 4.78 is 0. The monoisotopic (exact) mass is 288 g/mol. The van der Waals surface area contributed by atoms with Crippen LogP contribution < -0.4 is 5.32 Å². The first kappa shape index (κ1) is 12.7.